The zero-order valence-corrected chi connectivity index (χ0v) is 11.9. The molecule has 0 aliphatic heterocycles. The highest BCUT2D eigenvalue weighted by molar-refractivity contribution is 5.48. The maximum Gasteiger partial charge on any atom is 0.0954 e. The Morgan fingerprint density at radius 2 is 2.11 bits per heavy atom. The topological polar surface area (TPSA) is 43.8 Å². The quantitative estimate of drug-likeness (QED) is 0.795. The second-order valence-corrected chi connectivity index (χ2v) is 6.45. The van der Waals surface area contributed by atoms with Crippen molar-refractivity contribution < 1.29 is 0 Å². The van der Waals surface area contributed by atoms with Crippen LogP contribution in [0.5, 0.6) is 0 Å². The molecular formula is C16H21N3. The van der Waals surface area contributed by atoms with Gasteiger partial charge in [-0.3, -0.25) is 0 Å². The second-order valence-electron chi connectivity index (χ2n) is 6.45. The molecule has 1 aliphatic carbocycles. The lowest BCUT2D eigenvalue weighted by Gasteiger charge is -2.25. The zero-order valence-electron chi connectivity index (χ0n) is 11.9. The molecule has 0 bridgehead atoms. The maximum atomic E-state index is 5.87. The van der Waals surface area contributed by atoms with Crippen LogP contribution in [0.3, 0.4) is 0 Å². The molecule has 0 radical (unpaired) electrons. The Morgan fingerprint density at radius 3 is 2.84 bits per heavy atom. The van der Waals surface area contributed by atoms with Crippen LogP contribution in [0.4, 0.5) is 5.69 Å². The molecule has 0 amide bonds. The Balaban J connectivity index is 2.05. The fourth-order valence-electron chi connectivity index (χ4n) is 3.04. The van der Waals surface area contributed by atoms with Gasteiger partial charge in [0, 0.05) is 23.0 Å². The molecule has 100 valence electrons. The number of rotatable bonds is 1. The lowest BCUT2D eigenvalue weighted by Crippen LogP contribution is -2.20. The van der Waals surface area contributed by atoms with Crippen LogP contribution in [0.2, 0.25) is 0 Å². The normalized spacial score (nSPS) is 18.6. The van der Waals surface area contributed by atoms with Gasteiger partial charge in [0.1, 0.15) is 0 Å². The smallest absolute Gasteiger partial charge is 0.0954 e. The molecule has 0 saturated carbocycles. The number of aromatic nitrogens is 2. The summed E-state index contributed by atoms with van der Waals surface area (Å²) in [7, 11) is 0. The molecule has 2 N–H and O–H groups in total. The number of benzene rings is 1. The minimum atomic E-state index is 0.118. The molecule has 3 nitrogen and oxygen atoms in total. The SMILES string of the molecule is CC(C)(C)c1cncn1C1CCc2cc(N)ccc21. The van der Waals surface area contributed by atoms with Crippen molar-refractivity contribution in [3.63, 3.8) is 0 Å². The summed E-state index contributed by atoms with van der Waals surface area (Å²) in [4.78, 5) is 4.36. The zero-order chi connectivity index (χ0) is 13.6. The first kappa shape index (κ1) is 12.3. The molecule has 1 aromatic heterocycles. The molecular weight excluding hydrogens is 234 g/mol. The van der Waals surface area contributed by atoms with E-state index in [0.717, 1.165) is 18.5 Å². The van der Waals surface area contributed by atoms with Gasteiger partial charge in [0.15, 0.2) is 0 Å². The summed E-state index contributed by atoms with van der Waals surface area (Å²) >= 11 is 0. The number of aryl methyl sites for hydroxylation is 1. The van der Waals surface area contributed by atoms with Crippen molar-refractivity contribution in [1.82, 2.24) is 9.55 Å². The van der Waals surface area contributed by atoms with Crippen molar-refractivity contribution in [3.8, 4) is 0 Å². The number of nitrogens with two attached hydrogens (primary N) is 1. The van der Waals surface area contributed by atoms with Gasteiger partial charge in [0.25, 0.3) is 0 Å². The first-order valence-corrected chi connectivity index (χ1v) is 6.87. The molecule has 0 fully saturated rings. The standard InChI is InChI=1S/C16H21N3/c1-16(2,3)15-9-18-10-19(15)14-7-4-11-8-12(17)5-6-13(11)14/h5-6,8-10,14H,4,7,17H2,1-3H3. The van der Waals surface area contributed by atoms with Crippen LogP contribution < -0.4 is 5.73 Å². The van der Waals surface area contributed by atoms with Crippen molar-refractivity contribution in [2.24, 2.45) is 0 Å². The molecule has 19 heavy (non-hydrogen) atoms. The number of imidazole rings is 1. The van der Waals surface area contributed by atoms with Crippen LogP contribution in [0.25, 0.3) is 0 Å². The van der Waals surface area contributed by atoms with Gasteiger partial charge < -0.3 is 10.3 Å². The molecule has 1 aliphatic rings. The average Bonchev–Trinajstić information content (AvgIpc) is 2.91. The highest BCUT2D eigenvalue weighted by atomic mass is 15.1. The number of nitrogens with zero attached hydrogens (tertiary/aromatic N) is 2. The van der Waals surface area contributed by atoms with Crippen molar-refractivity contribution in [1.29, 1.82) is 0 Å². The first-order chi connectivity index (χ1) is 8.97. The summed E-state index contributed by atoms with van der Waals surface area (Å²) < 4.78 is 2.34. The van der Waals surface area contributed by atoms with Gasteiger partial charge in [0.2, 0.25) is 0 Å². The summed E-state index contributed by atoms with van der Waals surface area (Å²) in [5, 5.41) is 0. The van der Waals surface area contributed by atoms with Gasteiger partial charge in [-0.1, -0.05) is 26.8 Å². The fraction of sp³-hybridized carbons (Fsp3) is 0.438. The van der Waals surface area contributed by atoms with Crippen LogP contribution in [0.1, 0.15) is 50.1 Å². The summed E-state index contributed by atoms with van der Waals surface area (Å²) in [5.74, 6) is 0. The van der Waals surface area contributed by atoms with Gasteiger partial charge in [-0.2, -0.15) is 0 Å². The molecule has 0 saturated heterocycles. The number of hydrogen-bond acceptors (Lipinski definition) is 2. The molecule has 3 rings (SSSR count). The van der Waals surface area contributed by atoms with Crippen LogP contribution in [-0.2, 0) is 11.8 Å². The van der Waals surface area contributed by atoms with Crippen molar-refractivity contribution >= 4 is 5.69 Å². The monoisotopic (exact) mass is 255 g/mol. The van der Waals surface area contributed by atoms with Crippen molar-refractivity contribution in [2.45, 2.75) is 45.1 Å². The Morgan fingerprint density at radius 1 is 1.32 bits per heavy atom. The van der Waals surface area contributed by atoms with E-state index in [0.29, 0.717) is 6.04 Å². The molecule has 1 heterocycles. The van der Waals surface area contributed by atoms with E-state index >= 15 is 0 Å². The molecule has 1 unspecified atom stereocenters. The van der Waals surface area contributed by atoms with E-state index < -0.39 is 0 Å². The molecule has 2 aromatic rings. The van der Waals surface area contributed by atoms with Gasteiger partial charge in [0.05, 0.1) is 12.4 Å². The second kappa shape index (κ2) is 4.12. The Hall–Kier alpha value is -1.77. The third-order valence-corrected chi connectivity index (χ3v) is 3.98. The predicted molar refractivity (Wildman–Crippen MR) is 78.2 cm³/mol. The van der Waals surface area contributed by atoms with E-state index in [4.69, 9.17) is 5.73 Å². The minimum absolute atomic E-state index is 0.118. The van der Waals surface area contributed by atoms with E-state index in [2.05, 4.69) is 42.5 Å². The Kier molecular flexibility index (Phi) is 2.66. The maximum absolute atomic E-state index is 5.87. The molecule has 1 atom stereocenters. The van der Waals surface area contributed by atoms with Gasteiger partial charge in [-0.25, -0.2) is 4.98 Å². The summed E-state index contributed by atoms with van der Waals surface area (Å²) in [6, 6.07) is 6.70. The fourth-order valence-corrected chi connectivity index (χ4v) is 3.04. The number of hydrogen-bond donors (Lipinski definition) is 1. The lowest BCUT2D eigenvalue weighted by atomic mass is 9.92. The highest BCUT2D eigenvalue weighted by Crippen LogP contribution is 2.37. The summed E-state index contributed by atoms with van der Waals surface area (Å²) in [6.07, 6.45) is 6.21. The van der Waals surface area contributed by atoms with Crippen LogP contribution in [-0.4, -0.2) is 9.55 Å². The first-order valence-electron chi connectivity index (χ1n) is 6.87. The van der Waals surface area contributed by atoms with Crippen LogP contribution >= 0.6 is 0 Å². The van der Waals surface area contributed by atoms with E-state index in [1.54, 1.807) is 0 Å². The molecule has 3 heteroatoms. The third-order valence-electron chi connectivity index (χ3n) is 3.98. The Bertz CT molecular complexity index is 605. The predicted octanol–water partition coefficient (Wildman–Crippen LogP) is 3.30. The Labute approximate surface area is 114 Å². The van der Waals surface area contributed by atoms with Crippen LogP contribution in [0, 0.1) is 0 Å². The largest absolute Gasteiger partial charge is 0.399 e. The third kappa shape index (κ3) is 2.03. The lowest BCUT2D eigenvalue weighted by molar-refractivity contribution is 0.480. The van der Waals surface area contributed by atoms with Gasteiger partial charge in [-0.05, 0) is 36.1 Å². The van der Waals surface area contributed by atoms with E-state index in [1.807, 2.05) is 18.6 Å². The van der Waals surface area contributed by atoms with E-state index in [9.17, 15) is 0 Å². The number of nitrogen functional groups attached to an aromatic ring is 1. The minimum Gasteiger partial charge on any atom is -0.399 e. The van der Waals surface area contributed by atoms with Crippen LogP contribution in [0.15, 0.2) is 30.7 Å². The summed E-state index contributed by atoms with van der Waals surface area (Å²) in [6.45, 7) is 6.71. The molecule has 0 spiro atoms. The van der Waals surface area contributed by atoms with Gasteiger partial charge >= 0.3 is 0 Å². The summed E-state index contributed by atoms with van der Waals surface area (Å²) in [5.41, 5.74) is 10.9. The van der Waals surface area contributed by atoms with Crippen molar-refractivity contribution in [2.75, 3.05) is 5.73 Å². The number of anilines is 1. The number of fused-ring (bicyclic) bond motifs is 1. The van der Waals surface area contributed by atoms with E-state index in [1.165, 1.54) is 16.8 Å². The van der Waals surface area contributed by atoms with Gasteiger partial charge in [-0.15, -0.1) is 0 Å². The average molecular weight is 255 g/mol. The van der Waals surface area contributed by atoms with Crippen molar-refractivity contribution in [3.05, 3.63) is 47.5 Å². The van der Waals surface area contributed by atoms with E-state index in [-0.39, 0.29) is 5.41 Å². The highest BCUT2D eigenvalue weighted by Gasteiger charge is 2.28. The molecule has 1 aromatic carbocycles.